The van der Waals surface area contributed by atoms with Gasteiger partial charge < -0.3 is 19.4 Å². The highest BCUT2D eigenvalue weighted by molar-refractivity contribution is 5.91. The van der Waals surface area contributed by atoms with Gasteiger partial charge in [0.2, 0.25) is 0 Å². The summed E-state index contributed by atoms with van der Waals surface area (Å²) in [6, 6.07) is 9.70. The Hall–Kier alpha value is -2.27. The van der Waals surface area contributed by atoms with E-state index in [2.05, 4.69) is 18.3 Å². The van der Waals surface area contributed by atoms with Crippen LogP contribution in [-0.2, 0) is 6.61 Å². The van der Waals surface area contributed by atoms with Crippen molar-refractivity contribution in [1.82, 2.24) is 10.2 Å². The molecule has 0 unspecified atom stereocenters. The summed E-state index contributed by atoms with van der Waals surface area (Å²) in [7, 11) is 0. The number of nitrogens with zero attached hydrogens (tertiary/aromatic N) is 1. The first-order valence-corrected chi connectivity index (χ1v) is 9.83. The summed E-state index contributed by atoms with van der Waals surface area (Å²) in [6.45, 7) is 8.25. The first-order chi connectivity index (χ1) is 13.0. The van der Waals surface area contributed by atoms with Crippen LogP contribution in [0.1, 0.15) is 46.7 Å². The molecule has 2 aliphatic rings. The maximum Gasteiger partial charge on any atom is 0.289 e. The lowest BCUT2D eigenvalue weighted by atomic mass is 9.78. The fraction of sp³-hybridized carbons (Fsp3) is 0.500. The molecule has 2 fully saturated rings. The van der Waals surface area contributed by atoms with Gasteiger partial charge in [-0.2, -0.15) is 0 Å². The van der Waals surface area contributed by atoms with Gasteiger partial charge in [-0.15, -0.1) is 0 Å². The third-order valence-corrected chi connectivity index (χ3v) is 6.02. The van der Waals surface area contributed by atoms with Crippen LogP contribution in [0, 0.1) is 19.3 Å². The topological polar surface area (TPSA) is 54.7 Å². The Balaban J connectivity index is 1.34. The van der Waals surface area contributed by atoms with Crippen LogP contribution in [0.15, 0.2) is 34.7 Å². The highest BCUT2D eigenvalue weighted by Gasteiger charge is 2.38. The molecule has 1 N–H and O–H groups in total. The van der Waals surface area contributed by atoms with Crippen LogP contribution >= 0.6 is 0 Å². The second kappa shape index (κ2) is 7.39. The van der Waals surface area contributed by atoms with Crippen molar-refractivity contribution in [2.75, 3.05) is 26.2 Å². The van der Waals surface area contributed by atoms with E-state index < -0.39 is 0 Å². The third kappa shape index (κ3) is 3.88. The second-order valence-electron chi connectivity index (χ2n) is 8.04. The maximum absolute atomic E-state index is 12.8. The quantitative estimate of drug-likeness (QED) is 0.894. The number of carbonyl (C=O) groups excluding carboxylic acids is 1. The molecule has 2 saturated heterocycles. The van der Waals surface area contributed by atoms with E-state index in [9.17, 15) is 4.79 Å². The van der Waals surface area contributed by atoms with Crippen LogP contribution in [0.2, 0.25) is 0 Å². The monoisotopic (exact) mass is 368 g/mol. The molecule has 2 aromatic rings. The smallest absolute Gasteiger partial charge is 0.289 e. The van der Waals surface area contributed by atoms with Crippen molar-refractivity contribution >= 4 is 5.91 Å². The SMILES string of the molecule is Cc1ccc(OCc2ccc(C(=O)N3CCC4(CCNC4)CC3)o2)c(C)c1. The number of ether oxygens (including phenoxy) is 1. The van der Waals surface area contributed by atoms with Crippen molar-refractivity contribution in [2.45, 2.75) is 39.7 Å². The molecular weight excluding hydrogens is 340 g/mol. The van der Waals surface area contributed by atoms with Crippen molar-refractivity contribution in [2.24, 2.45) is 5.41 Å². The van der Waals surface area contributed by atoms with Gasteiger partial charge in [-0.3, -0.25) is 4.79 Å². The summed E-state index contributed by atoms with van der Waals surface area (Å²) in [6.07, 6.45) is 3.39. The average molecular weight is 368 g/mol. The second-order valence-corrected chi connectivity index (χ2v) is 8.04. The summed E-state index contributed by atoms with van der Waals surface area (Å²) in [5.41, 5.74) is 2.72. The standard InChI is InChI=1S/C22H28N2O3/c1-16-3-5-19(17(2)13-16)26-14-18-4-6-20(27-18)21(25)24-11-8-22(9-12-24)7-10-23-15-22/h3-6,13,23H,7-12,14-15H2,1-2H3. The molecule has 0 atom stereocenters. The van der Waals surface area contributed by atoms with Gasteiger partial charge >= 0.3 is 0 Å². The van der Waals surface area contributed by atoms with Crippen LogP contribution in [0.5, 0.6) is 5.75 Å². The van der Waals surface area contributed by atoms with Crippen LogP contribution < -0.4 is 10.1 Å². The summed E-state index contributed by atoms with van der Waals surface area (Å²) in [5.74, 6) is 1.92. The molecule has 3 heterocycles. The van der Waals surface area contributed by atoms with E-state index in [0.717, 1.165) is 50.3 Å². The van der Waals surface area contributed by atoms with Gasteiger partial charge in [0.25, 0.3) is 5.91 Å². The fourth-order valence-electron chi connectivity index (χ4n) is 4.24. The first-order valence-electron chi connectivity index (χ1n) is 9.83. The van der Waals surface area contributed by atoms with Gasteiger partial charge in [-0.1, -0.05) is 17.7 Å². The Kier molecular flexibility index (Phi) is 4.96. The Morgan fingerprint density at radius 1 is 1.19 bits per heavy atom. The maximum atomic E-state index is 12.8. The Morgan fingerprint density at radius 2 is 2.00 bits per heavy atom. The lowest BCUT2D eigenvalue weighted by Gasteiger charge is -2.38. The van der Waals surface area contributed by atoms with Gasteiger partial charge in [-0.25, -0.2) is 0 Å². The fourth-order valence-corrected chi connectivity index (χ4v) is 4.24. The minimum Gasteiger partial charge on any atom is -0.485 e. The molecule has 0 radical (unpaired) electrons. The molecule has 0 saturated carbocycles. The number of amides is 1. The Bertz CT molecular complexity index is 811. The number of furan rings is 1. The molecule has 1 amide bonds. The van der Waals surface area contributed by atoms with E-state index in [4.69, 9.17) is 9.15 Å². The zero-order valence-electron chi connectivity index (χ0n) is 16.2. The number of carbonyl (C=O) groups is 1. The lowest BCUT2D eigenvalue weighted by Crippen LogP contribution is -2.43. The summed E-state index contributed by atoms with van der Waals surface area (Å²) >= 11 is 0. The van der Waals surface area contributed by atoms with Crippen LogP contribution in [-0.4, -0.2) is 37.0 Å². The van der Waals surface area contributed by atoms with E-state index in [0.29, 0.717) is 23.5 Å². The lowest BCUT2D eigenvalue weighted by molar-refractivity contribution is 0.0573. The number of aryl methyl sites for hydroxylation is 2. The molecule has 0 aliphatic carbocycles. The van der Waals surface area contributed by atoms with E-state index in [-0.39, 0.29) is 5.91 Å². The zero-order valence-corrected chi connectivity index (χ0v) is 16.2. The van der Waals surface area contributed by atoms with Gasteiger partial charge in [0, 0.05) is 19.6 Å². The number of hydrogen-bond acceptors (Lipinski definition) is 4. The molecule has 5 heteroatoms. The van der Waals surface area contributed by atoms with Gasteiger partial charge in [0.15, 0.2) is 5.76 Å². The van der Waals surface area contributed by atoms with E-state index in [1.165, 1.54) is 12.0 Å². The molecule has 27 heavy (non-hydrogen) atoms. The number of rotatable bonds is 4. The minimum atomic E-state index is -0.00595. The number of hydrogen-bond donors (Lipinski definition) is 1. The van der Waals surface area contributed by atoms with Crippen molar-refractivity contribution in [3.05, 3.63) is 53.0 Å². The summed E-state index contributed by atoms with van der Waals surface area (Å²) < 4.78 is 11.6. The minimum absolute atomic E-state index is 0.00595. The third-order valence-electron chi connectivity index (χ3n) is 6.02. The average Bonchev–Trinajstić information content (AvgIpc) is 3.31. The Morgan fingerprint density at radius 3 is 2.70 bits per heavy atom. The zero-order chi connectivity index (χ0) is 18.9. The molecule has 4 rings (SSSR count). The molecule has 0 bridgehead atoms. The van der Waals surface area contributed by atoms with Crippen molar-refractivity contribution in [3.8, 4) is 5.75 Å². The van der Waals surface area contributed by atoms with Crippen LogP contribution in [0.4, 0.5) is 0 Å². The number of benzene rings is 1. The summed E-state index contributed by atoms with van der Waals surface area (Å²) in [4.78, 5) is 14.7. The number of piperidine rings is 1. The largest absolute Gasteiger partial charge is 0.485 e. The molecule has 144 valence electrons. The highest BCUT2D eigenvalue weighted by Crippen LogP contribution is 2.37. The van der Waals surface area contributed by atoms with Crippen molar-refractivity contribution in [1.29, 1.82) is 0 Å². The molecule has 5 nitrogen and oxygen atoms in total. The van der Waals surface area contributed by atoms with Gasteiger partial charge in [-0.05, 0) is 68.8 Å². The first kappa shape index (κ1) is 18.1. The van der Waals surface area contributed by atoms with Crippen molar-refractivity contribution < 1.29 is 13.9 Å². The van der Waals surface area contributed by atoms with Gasteiger partial charge in [0.1, 0.15) is 18.1 Å². The van der Waals surface area contributed by atoms with Gasteiger partial charge in [0.05, 0.1) is 0 Å². The predicted octanol–water partition coefficient (Wildman–Crippen LogP) is 3.69. The van der Waals surface area contributed by atoms with Crippen molar-refractivity contribution in [3.63, 3.8) is 0 Å². The van der Waals surface area contributed by atoms with Crippen LogP contribution in [0.3, 0.4) is 0 Å². The number of likely N-dealkylation sites (tertiary alicyclic amines) is 1. The van der Waals surface area contributed by atoms with E-state index in [1.807, 2.05) is 30.0 Å². The summed E-state index contributed by atoms with van der Waals surface area (Å²) in [5, 5.41) is 3.46. The van der Waals surface area contributed by atoms with E-state index >= 15 is 0 Å². The molecule has 1 aromatic carbocycles. The predicted molar refractivity (Wildman–Crippen MR) is 104 cm³/mol. The molecule has 1 aromatic heterocycles. The molecular formula is C22H28N2O3. The molecule has 2 aliphatic heterocycles. The molecule has 1 spiro atoms. The number of nitrogens with one attached hydrogen (secondary N) is 1. The normalized spacial score (nSPS) is 18.8. The Labute approximate surface area is 160 Å². The van der Waals surface area contributed by atoms with E-state index in [1.54, 1.807) is 6.07 Å². The highest BCUT2D eigenvalue weighted by atomic mass is 16.5. The van der Waals surface area contributed by atoms with Crippen LogP contribution in [0.25, 0.3) is 0 Å².